The van der Waals surface area contributed by atoms with Gasteiger partial charge in [0, 0.05) is 19.0 Å². The van der Waals surface area contributed by atoms with Crippen molar-refractivity contribution in [1.29, 1.82) is 0 Å². The summed E-state index contributed by atoms with van der Waals surface area (Å²) < 4.78 is 0. The van der Waals surface area contributed by atoms with Crippen molar-refractivity contribution in [2.24, 2.45) is 17.7 Å². The highest BCUT2D eigenvalue weighted by Gasteiger charge is 2.42. The maximum atomic E-state index is 10.0. The van der Waals surface area contributed by atoms with E-state index in [4.69, 9.17) is 5.84 Å². The molecule has 2 aliphatic rings. The van der Waals surface area contributed by atoms with E-state index in [-0.39, 0.29) is 6.10 Å². The number of fused-ring (bicyclic) bond motifs is 2. The Labute approximate surface area is 115 Å². The molecular formula is C12H17N7O. The second kappa shape index (κ2) is 4.29. The fourth-order valence-corrected chi connectivity index (χ4v) is 3.53. The zero-order valence-electron chi connectivity index (χ0n) is 11.0. The van der Waals surface area contributed by atoms with Crippen molar-refractivity contribution < 1.29 is 5.11 Å². The summed E-state index contributed by atoms with van der Waals surface area (Å²) in [6.07, 6.45) is 3.56. The number of nitrogens with one attached hydrogen (secondary N) is 2. The molecule has 0 bridgehead atoms. The molecule has 0 aromatic carbocycles. The van der Waals surface area contributed by atoms with Gasteiger partial charge in [0.15, 0.2) is 5.65 Å². The number of hydrogen-bond donors (Lipinski definition) is 4. The number of H-pyrrole nitrogens is 1. The fraction of sp³-hybridized carbons (Fsp3) is 0.583. The number of nitrogens with two attached hydrogens (primary N) is 1. The fourth-order valence-electron chi connectivity index (χ4n) is 3.53. The lowest BCUT2D eigenvalue weighted by Crippen LogP contribution is -2.26. The van der Waals surface area contributed by atoms with Crippen LogP contribution in [0, 0.1) is 11.8 Å². The highest BCUT2D eigenvalue weighted by atomic mass is 16.3. The van der Waals surface area contributed by atoms with Crippen LogP contribution >= 0.6 is 0 Å². The molecule has 3 unspecified atom stereocenters. The SMILES string of the molecule is NNc1nc(N2CC3CCC(O)C3C2)c2cn[nH]c2n1. The third-order valence-corrected chi connectivity index (χ3v) is 4.54. The molecule has 0 radical (unpaired) electrons. The average Bonchev–Trinajstić information content (AvgIpc) is 3.15. The van der Waals surface area contributed by atoms with Crippen molar-refractivity contribution >= 4 is 22.8 Å². The predicted molar refractivity (Wildman–Crippen MR) is 73.9 cm³/mol. The Morgan fingerprint density at radius 1 is 1.35 bits per heavy atom. The summed E-state index contributed by atoms with van der Waals surface area (Å²) in [6, 6.07) is 0. The molecule has 1 saturated carbocycles. The molecule has 3 heterocycles. The van der Waals surface area contributed by atoms with E-state index >= 15 is 0 Å². The minimum atomic E-state index is -0.182. The van der Waals surface area contributed by atoms with Crippen molar-refractivity contribution in [1.82, 2.24) is 20.2 Å². The number of aromatic amines is 1. The number of hydrazine groups is 1. The third kappa shape index (κ3) is 1.65. The van der Waals surface area contributed by atoms with Crippen molar-refractivity contribution in [3.05, 3.63) is 6.20 Å². The first-order valence-corrected chi connectivity index (χ1v) is 6.87. The van der Waals surface area contributed by atoms with Gasteiger partial charge in [-0.15, -0.1) is 0 Å². The van der Waals surface area contributed by atoms with E-state index in [0.717, 1.165) is 37.1 Å². The number of aromatic nitrogens is 4. The first-order valence-electron chi connectivity index (χ1n) is 6.87. The standard InChI is InChI=1S/C12H17N7O/c13-17-12-15-10-7(3-14-18-10)11(16-12)19-4-6-1-2-9(20)8(6)5-19/h3,6,8-9,20H,1-2,4-5,13H2,(H2,14,15,16,17,18). The summed E-state index contributed by atoms with van der Waals surface area (Å²) in [5.41, 5.74) is 3.15. The van der Waals surface area contributed by atoms with Crippen LogP contribution in [0.5, 0.6) is 0 Å². The molecule has 5 N–H and O–H groups in total. The molecule has 4 rings (SSSR count). The summed E-state index contributed by atoms with van der Waals surface area (Å²) in [7, 11) is 0. The van der Waals surface area contributed by atoms with Crippen LogP contribution in [0.4, 0.5) is 11.8 Å². The number of anilines is 2. The lowest BCUT2D eigenvalue weighted by atomic mass is 10.00. The van der Waals surface area contributed by atoms with Gasteiger partial charge in [-0.05, 0) is 18.8 Å². The van der Waals surface area contributed by atoms with Crippen LogP contribution in [-0.4, -0.2) is 44.5 Å². The first-order chi connectivity index (χ1) is 9.76. The molecule has 1 aliphatic heterocycles. The van der Waals surface area contributed by atoms with Crippen molar-refractivity contribution in [3.8, 4) is 0 Å². The Morgan fingerprint density at radius 2 is 2.25 bits per heavy atom. The van der Waals surface area contributed by atoms with E-state index in [1.54, 1.807) is 6.20 Å². The van der Waals surface area contributed by atoms with Crippen LogP contribution in [0.1, 0.15) is 12.8 Å². The molecule has 8 nitrogen and oxygen atoms in total. The van der Waals surface area contributed by atoms with Gasteiger partial charge in [-0.1, -0.05) is 0 Å². The van der Waals surface area contributed by atoms with Crippen molar-refractivity contribution in [2.75, 3.05) is 23.4 Å². The molecule has 1 aliphatic carbocycles. The summed E-state index contributed by atoms with van der Waals surface area (Å²) in [5, 5.41) is 17.8. The van der Waals surface area contributed by atoms with E-state index in [1.165, 1.54) is 0 Å². The highest BCUT2D eigenvalue weighted by molar-refractivity contribution is 5.87. The van der Waals surface area contributed by atoms with Crippen LogP contribution in [0.3, 0.4) is 0 Å². The Balaban J connectivity index is 1.73. The van der Waals surface area contributed by atoms with Gasteiger partial charge in [0.05, 0.1) is 17.7 Å². The number of nitrogen functional groups attached to an aromatic ring is 1. The van der Waals surface area contributed by atoms with Crippen LogP contribution < -0.4 is 16.2 Å². The normalized spacial score (nSPS) is 29.1. The second-order valence-corrected chi connectivity index (χ2v) is 5.62. The second-order valence-electron chi connectivity index (χ2n) is 5.62. The summed E-state index contributed by atoms with van der Waals surface area (Å²) >= 11 is 0. The molecule has 20 heavy (non-hydrogen) atoms. The van der Waals surface area contributed by atoms with E-state index in [2.05, 4.69) is 30.5 Å². The van der Waals surface area contributed by atoms with Gasteiger partial charge in [0.25, 0.3) is 0 Å². The third-order valence-electron chi connectivity index (χ3n) is 4.54. The van der Waals surface area contributed by atoms with E-state index in [1.807, 2.05) is 0 Å². The van der Waals surface area contributed by atoms with Crippen LogP contribution in [0.15, 0.2) is 6.20 Å². The van der Waals surface area contributed by atoms with Gasteiger partial charge in [-0.25, -0.2) is 5.84 Å². The molecule has 3 atom stereocenters. The minimum absolute atomic E-state index is 0.182. The van der Waals surface area contributed by atoms with E-state index < -0.39 is 0 Å². The summed E-state index contributed by atoms with van der Waals surface area (Å²) in [6.45, 7) is 1.75. The molecule has 2 fully saturated rings. The Kier molecular flexibility index (Phi) is 2.54. The van der Waals surface area contributed by atoms with Gasteiger partial charge < -0.3 is 10.0 Å². The summed E-state index contributed by atoms with van der Waals surface area (Å²) in [5.74, 6) is 7.53. The molecule has 0 spiro atoms. The van der Waals surface area contributed by atoms with Crippen molar-refractivity contribution in [3.63, 3.8) is 0 Å². The number of nitrogens with zero attached hydrogens (tertiary/aromatic N) is 4. The monoisotopic (exact) mass is 275 g/mol. The number of rotatable bonds is 2. The van der Waals surface area contributed by atoms with E-state index in [9.17, 15) is 5.11 Å². The molecule has 1 saturated heterocycles. The van der Waals surface area contributed by atoms with Crippen molar-refractivity contribution in [2.45, 2.75) is 18.9 Å². The Hall–Kier alpha value is -1.93. The zero-order valence-corrected chi connectivity index (χ0v) is 11.0. The van der Waals surface area contributed by atoms with E-state index in [0.29, 0.717) is 23.4 Å². The number of hydrogen-bond acceptors (Lipinski definition) is 7. The largest absolute Gasteiger partial charge is 0.393 e. The lowest BCUT2D eigenvalue weighted by Gasteiger charge is -2.20. The van der Waals surface area contributed by atoms with Gasteiger partial charge in [-0.2, -0.15) is 15.1 Å². The quantitative estimate of drug-likeness (QED) is 0.444. The number of aliphatic hydroxyl groups excluding tert-OH is 1. The Morgan fingerprint density at radius 3 is 3.05 bits per heavy atom. The smallest absolute Gasteiger partial charge is 0.241 e. The minimum Gasteiger partial charge on any atom is -0.393 e. The van der Waals surface area contributed by atoms with Gasteiger partial charge in [0.1, 0.15) is 5.82 Å². The Bertz CT molecular complexity index is 642. The predicted octanol–water partition coefficient (Wildman–Crippen LogP) is -0.154. The van der Waals surface area contributed by atoms with Gasteiger partial charge in [-0.3, -0.25) is 10.5 Å². The van der Waals surface area contributed by atoms with Crippen LogP contribution in [0.25, 0.3) is 11.0 Å². The zero-order chi connectivity index (χ0) is 13.7. The summed E-state index contributed by atoms with van der Waals surface area (Å²) in [4.78, 5) is 10.9. The van der Waals surface area contributed by atoms with Gasteiger partial charge in [0.2, 0.25) is 5.95 Å². The average molecular weight is 275 g/mol. The highest BCUT2D eigenvalue weighted by Crippen LogP contribution is 2.40. The first kappa shape index (κ1) is 11.9. The maximum absolute atomic E-state index is 10.0. The maximum Gasteiger partial charge on any atom is 0.241 e. The van der Waals surface area contributed by atoms with Crippen LogP contribution in [-0.2, 0) is 0 Å². The van der Waals surface area contributed by atoms with Crippen LogP contribution in [0.2, 0.25) is 0 Å². The molecule has 0 amide bonds. The van der Waals surface area contributed by atoms with Gasteiger partial charge >= 0.3 is 0 Å². The molecular weight excluding hydrogens is 258 g/mol. The molecule has 106 valence electrons. The molecule has 2 aromatic heterocycles. The lowest BCUT2D eigenvalue weighted by molar-refractivity contribution is 0.133. The molecule has 8 heteroatoms. The molecule has 2 aromatic rings. The number of aliphatic hydroxyl groups is 1. The topological polar surface area (TPSA) is 116 Å².